The van der Waals surface area contributed by atoms with E-state index in [1.807, 2.05) is 6.92 Å². The molecule has 1 fully saturated rings. The summed E-state index contributed by atoms with van der Waals surface area (Å²) in [5.41, 5.74) is -0.459. The first-order valence-corrected chi connectivity index (χ1v) is 11.3. The number of nitrogens with zero attached hydrogens (tertiary/aromatic N) is 1. The molecule has 0 radical (unpaired) electrons. The Kier molecular flexibility index (Phi) is 7.19. The highest BCUT2D eigenvalue weighted by molar-refractivity contribution is 7.90. The van der Waals surface area contributed by atoms with E-state index in [1.54, 1.807) is 7.05 Å². The molecule has 1 aromatic rings. The minimum Gasteiger partial charge on any atom is -0.356 e. The minimum absolute atomic E-state index is 0.0858. The van der Waals surface area contributed by atoms with Crippen molar-refractivity contribution in [1.29, 1.82) is 0 Å². The highest BCUT2D eigenvalue weighted by Gasteiger charge is 2.40. The van der Waals surface area contributed by atoms with Crippen molar-refractivity contribution in [2.45, 2.75) is 50.5 Å². The number of sulfone groups is 1. The van der Waals surface area contributed by atoms with Gasteiger partial charge in [-0.2, -0.15) is 0 Å². The highest BCUT2D eigenvalue weighted by Crippen LogP contribution is 2.42. The van der Waals surface area contributed by atoms with Crippen LogP contribution in [0.2, 0.25) is 0 Å². The zero-order valence-electron chi connectivity index (χ0n) is 16.2. The van der Waals surface area contributed by atoms with Crippen molar-refractivity contribution in [2.75, 3.05) is 25.6 Å². The number of nitrogens with one attached hydrogen (secondary N) is 2. The van der Waals surface area contributed by atoms with Crippen LogP contribution in [-0.4, -0.2) is 46.0 Å². The van der Waals surface area contributed by atoms with Gasteiger partial charge in [-0.25, -0.2) is 17.2 Å². The van der Waals surface area contributed by atoms with Gasteiger partial charge in [0.2, 0.25) is 0 Å². The molecule has 1 aliphatic rings. The molecule has 27 heavy (non-hydrogen) atoms. The SMILES string of the molecule is CN=C(NCC1(c2c(F)cccc2F)CCCC1)NC(C)CCS(C)(=O)=O. The van der Waals surface area contributed by atoms with E-state index in [1.165, 1.54) is 24.5 Å². The van der Waals surface area contributed by atoms with E-state index >= 15 is 0 Å². The van der Waals surface area contributed by atoms with E-state index < -0.39 is 26.9 Å². The van der Waals surface area contributed by atoms with Gasteiger partial charge in [0.25, 0.3) is 0 Å². The van der Waals surface area contributed by atoms with Crippen molar-refractivity contribution < 1.29 is 17.2 Å². The number of guanidine groups is 1. The molecule has 1 unspecified atom stereocenters. The normalized spacial score (nSPS) is 18.3. The average Bonchev–Trinajstić information content (AvgIpc) is 3.05. The standard InChI is InChI=1S/C19H29F2N3O2S/c1-14(9-12-27(3,25)26)24-18(22-2)23-13-19(10-4-5-11-19)17-15(20)7-6-8-16(17)21/h6-8,14H,4-5,9-13H2,1-3H3,(H2,22,23,24). The Balaban J connectivity index is 2.07. The lowest BCUT2D eigenvalue weighted by Gasteiger charge is -2.31. The molecule has 2 rings (SSSR count). The smallest absolute Gasteiger partial charge is 0.191 e. The van der Waals surface area contributed by atoms with Crippen LogP contribution < -0.4 is 10.6 Å². The molecule has 0 aliphatic heterocycles. The first-order chi connectivity index (χ1) is 12.7. The third-order valence-electron chi connectivity index (χ3n) is 5.18. The number of hydrogen-bond acceptors (Lipinski definition) is 3. The Morgan fingerprint density at radius 3 is 2.37 bits per heavy atom. The van der Waals surface area contributed by atoms with E-state index in [-0.39, 0.29) is 17.4 Å². The lowest BCUT2D eigenvalue weighted by atomic mass is 9.78. The third kappa shape index (κ3) is 5.89. The molecule has 1 atom stereocenters. The van der Waals surface area contributed by atoms with Crippen LogP contribution >= 0.6 is 0 Å². The summed E-state index contributed by atoms with van der Waals surface area (Å²) in [4.78, 5) is 4.16. The number of hydrogen-bond donors (Lipinski definition) is 2. The van der Waals surface area contributed by atoms with Crippen LogP contribution in [0.1, 0.15) is 44.6 Å². The predicted octanol–water partition coefficient (Wildman–Crippen LogP) is 2.76. The van der Waals surface area contributed by atoms with Crippen molar-refractivity contribution >= 4 is 15.8 Å². The molecular formula is C19H29F2N3O2S. The third-order valence-corrected chi connectivity index (χ3v) is 6.15. The predicted molar refractivity (Wildman–Crippen MR) is 105 cm³/mol. The van der Waals surface area contributed by atoms with Crippen molar-refractivity contribution in [3.63, 3.8) is 0 Å². The largest absolute Gasteiger partial charge is 0.356 e. The van der Waals surface area contributed by atoms with E-state index in [4.69, 9.17) is 0 Å². The molecule has 1 aromatic carbocycles. The van der Waals surface area contributed by atoms with E-state index in [0.29, 0.717) is 31.8 Å². The summed E-state index contributed by atoms with van der Waals surface area (Å²) < 4.78 is 51.4. The molecule has 0 amide bonds. The highest BCUT2D eigenvalue weighted by atomic mass is 32.2. The molecule has 5 nitrogen and oxygen atoms in total. The molecular weight excluding hydrogens is 372 g/mol. The number of rotatable bonds is 7. The maximum Gasteiger partial charge on any atom is 0.191 e. The Morgan fingerprint density at radius 1 is 1.26 bits per heavy atom. The first-order valence-electron chi connectivity index (χ1n) is 9.26. The Morgan fingerprint density at radius 2 is 1.85 bits per heavy atom. The second-order valence-corrected chi connectivity index (χ2v) is 9.73. The van der Waals surface area contributed by atoms with Crippen LogP contribution in [0.25, 0.3) is 0 Å². The van der Waals surface area contributed by atoms with E-state index in [9.17, 15) is 17.2 Å². The quantitative estimate of drug-likeness (QED) is 0.544. The summed E-state index contributed by atoms with van der Waals surface area (Å²) in [6, 6.07) is 3.89. The molecule has 2 N–H and O–H groups in total. The van der Waals surface area contributed by atoms with Gasteiger partial charge in [0.1, 0.15) is 21.5 Å². The molecule has 0 bridgehead atoms. The van der Waals surface area contributed by atoms with Crippen LogP contribution in [-0.2, 0) is 15.3 Å². The summed E-state index contributed by atoms with van der Waals surface area (Å²) in [5.74, 6) is -0.437. The lowest BCUT2D eigenvalue weighted by Crippen LogP contribution is -2.48. The molecule has 1 aliphatic carbocycles. The number of aliphatic imine (C=N–C) groups is 1. The first kappa shape index (κ1) is 21.6. The Hall–Kier alpha value is -1.70. The molecule has 1 saturated carbocycles. The zero-order chi connectivity index (χ0) is 20.1. The van der Waals surface area contributed by atoms with Crippen LogP contribution in [0, 0.1) is 11.6 Å². The van der Waals surface area contributed by atoms with Gasteiger partial charge in [0.15, 0.2) is 5.96 Å². The Labute approximate surface area is 160 Å². The summed E-state index contributed by atoms with van der Waals surface area (Å²) in [5, 5.41) is 6.34. The summed E-state index contributed by atoms with van der Waals surface area (Å²) in [6.07, 6.45) is 4.92. The van der Waals surface area contributed by atoms with Crippen LogP contribution in [0.15, 0.2) is 23.2 Å². The summed E-state index contributed by atoms with van der Waals surface area (Å²) in [7, 11) is -1.41. The Bertz CT molecular complexity index is 755. The summed E-state index contributed by atoms with van der Waals surface area (Å²) >= 11 is 0. The molecule has 0 heterocycles. The minimum atomic E-state index is -3.03. The van der Waals surface area contributed by atoms with Gasteiger partial charge >= 0.3 is 0 Å². The number of benzene rings is 1. The molecule has 0 aromatic heterocycles. The number of halogens is 2. The van der Waals surface area contributed by atoms with Crippen molar-refractivity contribution in [3.05, 3.63) is 35.4 Å². The molecule has 152 valence electrons. The van der Waals surface area contributed by atoms with Gasteiger partial charge < -0.3 is 10.6 Å². The van der Waals surface area contributed by atoms with Crippen LogP contribution in [0.5, 0.6) is 0 Å². The van der Waals surface area contributed by atoms with E-state index in [0.717, 1.165) is 12.8 Å². The second-order valence-electron chi connectivity index (χ2n) is 7.47. The van der Waals surface area contributed by atoms with Gasteiger partial charge in [-0.15, -0.1) is 0 Å². The van der Waals surface area contributed by atoms with Gasteiger partial charge in [-0.3, -0.25) is 4.99 Å². The van der Waals surface area contributed by atoms with Crippen molar-refractivity contribution in [2.24, 2.45) is 4.99 Å². The topological polar surface area (TPSA) is 70.6 Å². The zero-order valence-corrected chi connectivity index (χ0v) is 17.0. The van der Waals surface area contributed by atoms with Crippen molar-refractivity contribution in [1.82, 2.24) is 10.6 Å². The molecule has 8 heteroatoms. The van der Waals surface area contributed by atoms with Crippen molar-refractivity contribution in [3.8, 4) is 0 Å². The maximum absolute atomic E-state index is 14.4. The van der Waals surface area contributed by atoms with Crippen LogP contribution in [0.3, 0.4) is 0 Å². The average molecular weight is 402 g/mol. The van der Waals surface area contributed by atoms with Crippen LogP contribution in [0.4, 0.5) is 8.78 Å². The van der Waals surface area contributed by atoms with Gasteiger partial charge in [0, 0.05) is 36.9 Å². The van der Waals surface area contributed by atoms with Gasteiger partial charge in [0.05, 0.1) is 5.75 Å². The van der Waals surface area contributed by atoms with E-state index in [2.05, 4.69) is 15.6 Å². The molecule has 0 spiro atoms. The fourth-order valence-corrected chi connectivity index (χ4v) is 4.50. The summed E-state index contributed by atoms with van der Waals surface area (Å²) in [6.45, 7) is 2.24. The fraction of sp³-hybridized carbons (Fsp3) is 0.632. The lowest BCUT2D eigenvalue weighted by molar-refractivity contribution is 0.385. The fourth-order valence-electron chi connectivity index (χ4n) is 3.72. The maximum atomic E-state index is 14.4. The monoisotopic (exact) mass is 401 g/mol. The van der Waals surface area contributed by atoms with Gasteiger partial charge in [-0.05, 0) is 38.3 Å². The second kappa shape index (κ2) is 8.99. The van der Waals surface area contributed by atoms with Gasteiger partial charge in [-0.1, -0.05) is 18.9 Å². The molecule has 0 saturated heterocycles.